The summed E-state index contributed by atoms with van der Waals surface area (Å²) in [6.45, 7) is 4.08. The Morgan fingerprint density at radius 3 is 2.60 bits per heavy atom. The molecule has 0 aliphatic carbocycles. The number of rotatable bonds is 5. The monoisotopic (exact) mass is 391 g/mol. The number of carbonyl (C=O) groups excluding carboxylic acids is 1. The number of aryl methyl sites for hydroxylation is 1. The van der Waals surface area contributed by atoms with Crippen LogP contribution in [0.1, 0.15) is 42.0 Å². The maximum Gasteiger partial charge on any atom is 0.289 e. The zero-order chi connectivity index (χ0) is 17.3. The molecule has 142 valence electrons. The highest BCUT2D eigenvalue weighted by Crippen LogP contribution is 2.28. The van der Waals surface area contributed by atoms with Crippen LogP contribution in [0.2, 0.25) is 0 Å². The minimum Gasteiger partial charge on any atom is -0.455 e. The fraction of sp³-hybridized carbons (Fsp3) is 0.688. The summed E-state index contributed by atoms with van der Waals surface area (Å²) in [5, 5.41) is 3.10. The molecule has 1 unspecified atom stereocenters. The minimum absolute atomic E-state index is 0. The van der Waals surface area contributed by atoms with Crippen molar-refractivity contribution in [3.8, 4) is 0 Å². The van der Waals surface area contributed by atoms with Crippen LogP contribution in [0.5, 0.6) is 0 Å². The largest absolute Gasteiger partial charge is 0.455 e. The molecule has 0 spiro atoms. The number of likely N-dealkylation sites (N-methyl/N-ethyl adjacent to an activating group) is 1. The molecule has 25 heavy (non-hydrogen) atoms. The zero-order valence-corrected chi connectivity index (χ0v) is 16.3. The molecular weight excluding hydrogens is 366 g/mol. The lowest BCUT2D eigenvalue weighted by Crippen LogP contribution is -2.40. The first-order valence-electron chi connectivity index (χ1n) is 8.51. The van der Waals surface area contributed by atoms with Gasteiger partial charge in [-0.1, -0.05) is 0 Å². The molecule has 0 aromatic carbocycles. The molecular formula is C16H26ClN3O4S. The van der Waals surface area contributed by atoms with Gasteiger partial charge in [0.05, 0.1) is 0 Å². The second-order valence-electron chi connectivity index (χ2n) is 6.49. The lowest BCUT2D eigenvalue weighted by atomic mass is 10.2. The smallest absolute Gasteiger partial charge is 0.289 e. The van der Waals surface area contributed by atoms with Crippen molar-refractivity contribution in [1.29, 1.82) is 0 Å². The number of halogens is 1. The minimum atomic E-state index is -3.57. The van der Waals surface area contributed by atoms with Gasteiger partial charge in [-0.2, -0.15) is 4.31 Å². The average molecular weight is 392 g/mol. The Morgan fingerprint density at radius 1 is 1.28 bits per heavy atom. The van der Waals surface area contributed by atoms with E-state index in [0.29, 0.717) is 19.6 Å². The molecule has 1 atom stereocenters. The van der Waals surface area contributed by atoms with Gasteiger partial charge in [-0.3, -0.25) is 4.79 Å². The van der Waals surface area contributed by atoms with Gasteiger partial charge in [-0.15, -0.1) is 12.4 Å². The number of amides is 1. The van der Waals surface area contributed by atoms with Crippen LogP contribution < -0.4 is 5.32 Å². The van der Waals surface area contributed by atoms with Crippen LogP contribution in [0, 0.1) is 6.92 Å². The Morgan fingerprint density at radius 2 is 1.96 bits per heavy atom. The number of hydrogen-bond donors (Lipinski definition) is 1. The quantitative estimate of drug-likeness (QED) is 0.824. The number of sulfonamides is 1. The highest BCUT2D eigenvalue weighted by atomic mass is 35.5. The third-order valence-electron chi connectivity index (χ3n) is 4.84. The van der Waals surface area contributed by atoms with Crippen molar-refractivity contribution in [2.24, 2.45) is 0 Å². The Bertz CT molecular complexity index is 713. The van der Waals surface area contributed by atoms with Crippen LogP contribution in [0.3, 0.4) is 0 Å². The van der Waals surface area contributed by atoms with Crippen molar-refractivity contribution >= 4 is 28.3 Å². The molecule has 3 heterocycles. The summed E-state index contributed by atoms with van der Waals surface area (Å²) in [5.74, 6) is 0.182. The van der Waals surface area contributed by atoms with E-state index in [1.165, 1.54) is 10.4 Å². The molecule has 2 fully saturated rings. The number of likely N-dealkylation sites (tertiary alicyclic amines) is 1. The molecule has 1 aromatic rings. The van der Waals surface area contributed by atoms with E-state index in [1.54, 1.807) is 11.8 Å². The molecule has 2 saturated heterocycles. The Hall–Kier alpha value is -1.09. The van der Waals surface area contributed by atoms with Crippen LogP contribution >= 0.6 is 12.4 Å². The summed E-state index contributed by atoms with van der Waals surface area (Å²) in [7, 11) is -1.71. The van der Waals surface area contributed by atoms with Crippen LogP contribution in [0.4, 0.5) is 0 Å². The van der Waals surface area contributed by atoms with Crippen LogP contribution in [-0.4, -0.2) is 62.8 Å². The lowest BCUT2D eigenvalue weighted by molar-refractivity contribution is 0.0703. The van der Waals surface area contributed by atoms with E-state index in [0.717, 1.165) is 32.2 Å². The molecule has 7 nitrogen and oxygen atoms in total. The van der Waals surface area contributed by atoms with Gasteiger partial charge in [0.25, 0.3) is 5.91 Å². The number of carbonyl (C=O) groups is 1. The molecule has 1 amide bonds. The van der Waals surface area contributed by atoms with Crippen LogP contribution in [-0.2, 0) is 10.0 Å². The van der Waals surface area contributed by atoms with Gasteiger partial charge in [0.1, 0.15) is 10.7 Å². The Balaban J connectivity index is 0.00000225. The molecule has 0 bridgehead atoms. The molecule has 2 aliphatic heterocycles. The van der Waals surface area contributed by atoms with Crippen LogP contribution in [0.15, 0.2) is 15.4 Å². The zero-order valence-electron chi connectivity index (χ0n) is 14.7. The maximum absolute atomic E-state index is 12.7. The third-order valence-corrected chi connectivity index (χ3v) is 6.85. The second-order valence-corrected chi connectivity index (χ2v) is 8.40. The van der Waals surface area contributed by atoms with Gasteiger partial charge >= 0.3 is 0 Å². The van der Waals surface area contributed by atoms with E-state index in [2.05, 4.69) is 5.32 Å². The van der Waals surface area contributed by atoms with E-state index >= 15 is 0 Å². The summed E-state index contributed by atoms with van der Waals surface area (Å²) in [4.78, 5) is 14.6. The highest BCUT2D eigenvalue weighted by Gasteiger charge is 2.35. The van der Waals surface area contributed by atoms with E-state index in [1.807, 2.05) is 7.05 Å². The summed E-state index contributed by atoms with van der Waals surface area (Å²) < 4.78 is 32.4. The molecule has 2 aliphatic rings. The normalized spacial score (nSPS) is 21.5. The fourth-order valence-corrected chi connectivity index (χ4v) is 5.26. The first-order valence-corrected chi connectivity index (χ1v) is 9.95. The molecule has 9 heteroatoms. The predicted octanol–water partition coefficient (Wildman–Crippen LogP) is 1.62. The first-order chi connectivity index (χ1) is 11.4. The van der Waals surface area contributed by atoms with E-state index in [-0.39, 0.29) is 40.8 Å². The standard InChI is InChI=1S/C16H25N3O4S.ClH/c1-12-15(24(21,22)18-7-3-4-8-18)10-14(23-12)16(20)19-9-5-6-13(19)11-17-2;/h10,13,17H,3-9,11H2,1-2H3;1H. The van der Waals surface area contributed by atoms with Gasteiger partial charge in [0.15, 0.2) is 5.76 Å². The average Bonchev–Trinajstić information content (AvgIpc) is 3.27. The van der Waals surface area contributed by atoms with Gasteiger partial charge in [0, 0.05) is 38.3 Å². The number of nitrogens with zero attached hydrogens (tertiary/aromatic N) is 2. The second kappa shape index (κ2) is 8.07. The van der Waals surface area contributed by atoms with Gasteiger partial charge < -0.3 is 14.6 Å². The van der Waals surface area contributed by atoms with Crippen molar-refractivity contribution in [1.82, 2.24) is 14.5 Å². The van der Waals surface area contributed by atoms with Gasteiger partial charge in [-0.05, 0) is 39.7 Å². The van der Waals surface area contributed by atoms with E-state index in [9.17, 15) is 13.2 Å². The summed E-state index contributed by atoms with van der Waals surface area (Å²) in [6.07, 6.45) is 3.66. The van der Waals surface area contributed by atoms with Crippen molar-refractivity contribution in [3.63, 3.8) is 0 Å². The van der Waals surface area contributed by atoms with E-state index in [4.69, 9.17) is 4.42 Å². The fourth-order valence-electron chi connectivity index (χ4n) is 3.59. The first kappa shape index (κ1) is 20.2. The maximum atomic E-state index is 12.7. The molecule has 1 N–H and O–H groups in total. The topological polar surface area (TPSA) is 82.9 Å². The lowest BCUT2D eigenvalue weighted by Gasteiger charge is -2.23. The Labute approximate surface area is 155 Å². The number of furan rings is 1. The molecule has 0 radical (unpaired) electrons. The van der Waals surface area contributed by atoms with Gasteiger partial charge in [0.2, 0.25) is 10.0 Å². The SMILES string of the molecule is CNCC1CCCN1C(=O)c1cc(S(=O)(=O)N2CCCC2)c(C)o1.Cl. The number of nitrogens with one attached hydrogen (secondary N) is 1. The summed E-state index contributed by atoms with van der Waals surface area (Å²) in [6, 6.07) is 1.53. The number of hydrogen-bond acceptors (Lipinski definition) is 5. The summed E-state index contributed by atoms with van der Waals surface area (Å²) >= 11 is 0. The summed E-state index contributed by atoms with van der Waals surface area (Å²) in [5.41, 5.74) is 0. The predicted molar refractivity (Wildman–Crippen MR) is 96.7 cm³/mol. The molecule has 1 aromatic heterocycles. The van der Waals surface area contributed by atoms with Crippen molar-refractivity contribution in [3.05, 3.63) is 17.6 Å². The van der Waals surface area contributed by atoms with Gasteiger partial charge in [-0.25, -0.2) is 8.42 Å². The third kappa shape index (κ3) is 3.86. The highest BCUT2D eigenvalue weighted by molar-refractivity contribution is 7.89. The Kier molecular flexibility index (Phi) is 6.53. The van der Waals surface area contributed by atoms with Crippen molar-refractivity contribution in [2.75, 3.05) is 33.2 Å². The van der Waals surface area contributed by atoms with Crippen LogP contribution in [0.25, 0.3) is 0 Å². The van der Waals surface area contributed by atoms with E-state index < -0.39 is 10.0 Å². The van der Waals surface area contributed by atoms with Crippen molar-refractivity contribution in [2.45, 2.75) is 43.5 Å². The molecule has 0 saturated carbocycles. The van der Waals surface area contributed by atoms with Crippen molar-refractivity contribution < 1.29 is 17.6 Å². The molecule has 3 rings (SSSR count).